The van der Waals surface area contributed by atoms with Gasteiger partial charge in [0.25, 0.3) is 0 Å². The summed E-state index contributed by atoms with van der Waals surface area (Å²) >= 11 is 0. The number of aromatic nitrogens is 4. The van der Waals surface area contributed by atoms with E-state index in [2.05, 4.69) is 17.1 Å². The standard InChI is InChI=1S/C11H17N5/c1-4-5-15-11(10(12)9(3)14-15)16-7-8(2)6-13-16/h6-7H,4-5,12H2,1-3H3. The van der Waals surface area contributed by atoms with Crippen LogP contribution in [0.1, 0.15) is 24.6 Å². The van der Waals surface area contributed by atoms with Crippen LogP contribution in [0.5, 0.6) is 0 Å². The van der Waals surface area contributed by atoms with Crippen molar-refractivity contribution in [2.24, 2.45) is 0 Å². The van der Waals surface area contributed by atoms with E-state index in [1.54, 1.807) is 4.68 Å². The van der Waals surface area contributed by atoms with E-state index in [0.717, 1.165) is 30.0 Å². The zero-order valence-corrected chi connectivity index (χ0v) is 9.94. The van der Waals surface area contributed by atoms with Crippen molar-refractivity contribution < 1.29 is 0 Å². The van der Waals surface area contributed by atoms with Crippen LogP contribution in [0.4, 0.5) is 5.69 Å². The molecule has 86 valence electrons. The topological polar surface area (TPSA) is 61.7 Å². The lowest BCUT2D eigenvalue weighted by Gasteiger charge is -2.06. The third-order valence-electron chi connectivity index (χ3n) is 2.51. The first-order valence-corrected chi connectivity index (χ1v) is 5.48. The zero-order valence-electron chi connectivity index (χ0n) is 9.94. The maximum absolute atomic E-state index is 6.03. The summed E-state index contributed by atoms with van der Waals surface area (Å²) in [5.74, 6) is 0.868. The minimum absolute atomic E-state index is 0.705. The van der Waals surface area contributed by atoms with Gasteiger partial charge < -0.3 is 5.73 Å². The average molecular weight is 219 g/mol. The Balaban J connectivity index is 2.53. The van der Waals surface area contributed by atoms with Gasteiger partial charge in [-0.2, -0.15) is 10.2 Å². The summed E-state index contributed by atoms with van der Waals surface area (Å²) < 4.78 is 3.71. The van der Waals surface area contributed by atoms with Crippen LogP contribution in [0.3, 0.4) is 0 Å². The second kappa shape index (κ2) is 4.00. The molecule has 0 radical (unpaired) electrons. The summed E-state index contributed by atoms with van der Waals surface area (Å²) in [6.07, 6.45) is 4.80. The van der Waals surface area contributed by atoms with Gasteiger partial charge in [-0.15, -0.1) is 0 Å². The molecule has 0 amide bonds. The molecule has 2 rings (SSSR count). The Morgan fingerprint density at radius 1 is 1.38 bits per heavy atom. The van der Waals surface area contributed by atoms with Crippen LogP contribution in [0, 0.1) is 13.8 Å². The van der Waals surface area contributed by atoms with Gasteiger partial charge in [0.15, 0.2) is 5.82 Å². The quantitative estimate of drug-likeness (QED) is 0.854. The van der Waals surface area contributed by atoms with E-state index in [4.69, 9.17) is 5.73 Å². The number of anilines is 1. The Labute approximate surface area is 94.9 Å². The summed E-state index contributed by atoms with van der Waals surface area (Å²) in [5.41, 5.74) is 8.71. The number of aryl methyl sites for hydroxylation is 3. The van der Waals surface area contributed by atoms with Crippen LogP contribution in [0.15, 0.2) is 12.4 Å². The van der Waals surface area contributed by atoms with Gasteiger partial charge in [0.1, 0.15) is 0 Å². The first-order valence-electron chi connectivity index (χ1n) is 5.48. The Morgan fingerprint density at radius 2 is 2.12 bits per heavy atom. The summed E-state index contributed by atoms with van der Waals surface area (Å²) in [6, 6.07) is 0. The summed E-state index contributed by atoms with van der Waals surface area (Å²) in [7, 11) is 0. The van der Waals surface area contributed by atoms with E-state index < -0.39 is 0 Å². The smallest absolute Gasteiger partial charge is 0.175 e. The minimum atomic E-state index is 0.705. The van der Waals surface area contributed by atoms with Crippen molar-refractivity contribution in [2.45, 2.75) is 33.7 Å². The molecule has 5 heteroatoms. The third-order valence-corrected chi connectivity index (χ3v) is 2.51. The minimum Gasteiger partial charge on any atom is -0.394 e. The first-order chi connectivity index (χ1) is 7.63. The van der Waals surface area contributed by atoms with Gasteiger partial charge in [0.2, 0.25) is 0 Å². The molecule has 5 nitrogen and oxygen atoms in total. The monoisotopic (exact) mass is 219 g/mol. The molecule has 0 bridgehead atoms. The van der Waals surface area contributed by atoms with E-state index in [1.807, 2.05) is 30.9 Å². The fraction of sp³-hybridized carbons (Fsp3) is 0.455. The molecule has 0 aliphatic heterocycles. The average Bonchev–Trinajstić information content (AvgIpc) is 2.74. The van der Waals surface area contributed by atoms with E-state index in [1.165, 1.54) is 0 Å². The molecule has 16 heavy (non-hydrogen) atoms. The van der Waals surface area contributed by atoms with Gasteiger partial charge in [0, 0.05) is 12.7 Å². The highest BCUT2D eigenvalue weighted by Gasteiger charge is 2.14. The van der Waals surface area contributed by atoms with E-state index in [9.17, 15) is 0 Å². The van der Waals surface area contributed by atoms with Gasteiger partial charge in [-0.1, -0.05) is 6.92 Å². The maximum atomic E-state index is 6.03. The van der Waals surface area contributed by atoms with Gasteiger partial charge in [0.05, 0.1) is 17.6 Å². The summed E-state index contributed by atoms with van der Waals surface area (Å²) in [6.45, 7) is 6.89. The molecule has 2 aromatic heterocycles. The predicted octanol–water partition coefficient (Wildman–Crippen LogP) is 1.68. The molecular formula is C11H17N5. The van der Waals surface area contributed by atoms with Crippen molar-refractivity contribution >= 4 is 5.69 Å². The molecule has 2 N–H and O–H groups in total. The van der Waals surface area contributed by atoms with Crippen molar-refractivity contribution in [3.63, 3.8) is 0 Å². The van der Waals surface area contributed by atoms with Crippen LogP contribution in [0.2, 0.25) is 0 Å². The van der Waals surface area contributed by atoms with Gasteiger partial charge in [-0.25, -0.2) is 9.36 Å². The maximum Gasteiger partial charge on any atom is 0.175 e. The highest BCUT2D eigenvalue weighted by molar-refractivity contribution is 5.56. The van der Waals surface area contributed by atoms with Gasteiger partial charge >= 0.3 is 0 Å². The Bertz CT molecular complexity index is 494. The van der Waals surface area contributed by atoms with E-state index >= 15 is 0 Å². The summed E-state index contributed by atoms with van der Waals surface area (Å²) in [4.78, 5) is 0. The Hall–Kier alpha value is -1.78. The molecule has 0 aliphatic carbocycles. The molecule has 0 saturated heterocycles. The first kappa shape index (κ1) is 10.7. The van der Waals surface area contributed by atoms with Crippen LogP contribution in [-0.2, 0) is 6.54 Å². The fourth-order valence-electron chi connectivity index (χ4n) is 1.72. The number of nitrogens with zero attached hydrogens (tertiary/aromatic N) is 4. The molecule has 0 saturated carbocycles. The molecule has 2 aromatic rings. The lowest BCUT2D eigenvalue weighted by atomic mass is 10.4. The second-order valence-electron chi connectivity index (χ2n) is 4.01. The number of nitrogens with two attached hydrogens (primary N) is 1. The van der Waals surface area contributed by atoms with Crippen molar-refractivity contribution in [3.05, 3.63) is 23.7 Å². The van der Waals surface area contributed by atoms with Crippen molar-refractivity contribution in [2.75, 3.05) is 5.73 Å². The summed E-state index contributed by atoms with van der Waals surface area (Å²) in [5, 5.41) is 8.70. The fourth-order valence-corrected chi connectivity index (χ4v) is 1.72. The van der Waals surface area contributed by atoms with Crippen molar-refractivity contribution in [3.8, 4) is 5.82 Å². The highest BCUT2D eigenvalue weighted by atomic mass is 15.4. The lowest BCUT2D eigenvalue weighted by molar-refractivity contribution is 0.574. The second-order valence-corrected chi connectivity index (χ2v) is 4.01. The molecule has 0 fully saturated rings. The van der Waals surface area contributed by atoms with Crippen molar-refractivity contribution in [1.82, 2.24) is 19.6 Å². The number of nitrogen functional groups attached to an aromatic ring is 1. The highest BCUT2D eigenvalue weighted by Crippen LogP contribution is 2.20. The number of rotatable bonds is 3. The van der Waals surface area contributed by atoms with Crippen molar-refractivity contribution in [1.29, 1.82) is 0 Å². The molecule has 2 heterocycles. The predicted molar refractivity (Wildman–Crippen MR) is 63.5 cm³/mol. The molecule has 0 spiro atoms. The molecule has 0 unspecified atom stereocenters. The van der Waals surface area contributed by atoms with Crippen LogP contribution in [-0.4, -0.2) is 19.6 Å². The Morgan fingerprint density at radius 3 is 2.69 bits per heavy atom. The largest absolute Gasteiger partial charge is 0.394 e. The van der Waals surface area contributed by atoms with E-state index in [-0.39, 0.29) is 0 Å². The molecule has 0 atom stereocenters. The number of hydrogen-bond donors (Lipinski definition) is 1. The van der Waals surface area contributed by atoms with Gasteiger partial charge in [-0.3, -0.25) is 0 Å². The normalized spacial score (nSPS) is 10.9. The Kier molecular flexibility index (Phi) is 2.68. The molecular weight excluding hydrogens is 202 g/mol. The SMILES string of the molecule is CCCn1nc(C)c(N)c1-n1cc(C)cn1. The third kappa shape index (κ3) is 1.68. The molecule has 0 aromatic carbocycles. The van der Waals surface area contributed by atoms with Crippen LogP contribution in [0.25, 0.3) is 5.82 Å². The zero-order chi connectivity index (χ0) is 11.7. The van der Waals surface area contributed by atoms with Crippen LogP contribution >= 0.6 is 0 Å². The molecule has 0 aliphatic rings. The van der Waals surface area contributed by atoms with E-state index in [0.29, 0.717) is 5.69 Å². The lowest BCUT2D eigenvalue weighted by Crippen LogP contribution is -2.09. The number of hydrogen-bond acceptors (Lipinski definition) is 3. The van der Waals surface area contributed by atoms with Gasteiger partial charge in [-0.05, 0) is 25.8 Å². The van der Waals surface area contributed by atoms with Crippen LogP contribution < -0.4 is 5.73 Å².